The summed E-state index contributed by atoms with van der Waals surface area (Å²) in [4.78, 5) is 40.6. The number of amides is 1. The smallest absolute Gasteiger partial charge is 0.326 e. The highest BCUT2D eigenvalue weighted by molar-refractivity contribution is 5.98. The molecule has 50 heavy (non-hydrogen) atoms. The second-order valence-electron chi connectivity index (χ2n) is 15.1. The zero-order valence-electron chi connectivity index (χ0n) is 30.5. The van der Waals surface area contributed by atoms with E-state index in [1.54, 1.807) is 60.8 Å². The minimum Gasteiger partial charge on any atom is -0.496 e. The number of aliphatic carboxylic acids is 1. The van der Waals surface area contributed by atoms with Crippen molar-refractivity contribution in [2.45, 2.75) is 71.6 Å². The van der Waals surface area contributed by atoms with Gasteiger partial charge in [-0.3, -0.25) is 4.79 Å². The molecule has 0 unspecified atom stereocenters. The lowest BCUT2D eigenvalue weighted by atomic mass is 9.72. The average molecular weight is 680 g/mol. The van der Waals surface area contributed by atoms with Gasteiger partial charge in [-0.25, -0.2) is 14.8 Å². The number of carboxylic acid groups (broad SMARTS) is 1. The van der Waals surface area contributed by atoms with Crippen LogP contribution in [-0.2, 0) is 16.8 Å². The number of carboxylic acids is 1. The predicted molar refractivity (Wildman–Crippen MR) is 195 cm³/mol. The molecular weight excluding hydrogens is 630 g/mol. The summed E-state index contributed by atoms with van der Waals surface area (Å²) in [5, 5.41) is 14.8. The molecule has 5 rings (SSSR count). The van der Waals surface area contributed by atoms with E-state index in [4.69, 9.17) is 9.47 Å². The van der Waals surface area contributed by atoms with E-state index in [-0.39, 0.29) is 5.41 Å². The number of hydrogen-bond acceptors (Lipinski definition) is 8. The van der Waals surface area contributed by atoms with Crippen LogP contribution < -0.4 is 19.7 Å². The Bertz CT molecular complexity index is 1800. The summed E-state index contributed by atoms with van der Waals surface area (Å²) in [6, 6.07) is 19.8. The van der Waals surface area contributed by atoms with Gasteiger partial charge in [0.2, 0.25) is 5.88 Å². The molecule has 2 aromatic carbocycles. The Labute approximate surface area is 295 Å². The highest BCUT2D eigenvalue weighted by atomic mass is 16.5. The third-order valence-corrected chi connectivity index (χ3v) is 9.35. The number of nitrogens with one attached hydrogen (secondary N) is 1. The van der Waals surface area contributed by atoms with Gasteiger partial charge < -0.3 is 29.7 Å². The molecule has 0 bridgehead atoms. The van der Waals surface area contributed by atoms with Gasteiger partial charge in [0.05, 0.1) is 13.2 Å². The van der Waals surface area contributed by atoms with E-state index in [1.807, 2.05) is 64.0 Å². The molecule has 4 atom stereocenters. The monoisotopic (exact) mass is 679 g/mol. The standard InChI is InChI=1S/C40H49N5O5/c1-39(2,3)27-17-20-30(49-9)26(23-27)24-43-33-32(40(4,5)6)35(38(47)48)45(34(33)29-13-12-22-42-36(29)44(7)8)37(46)25-15-18-28(19-16-25)50-31-14-10-11-21-41-31/h10-23,32-35,43H,24H2,1-9H3,(H,47,48)/t32-,33-,34-,35-/m0/s1. The number of methoxy groups -OCH3 is 1. The first-order valence-electron chi connectivity index (χ1n) is 16.9. The van der Waals surface area contributed by atoms with Crippen LogP contribution in [0, 0.1) is 11.3 Å². The minimum absolute atomic E-state index is 0.0863. The van der Waals surface area contributed by atoms with Crippen molar-refractivity contribution in [1.29, 1.82) is 0 Å². The van der Waals surface area contributed by atoms with Gasteiger partial charge in [-0.15, -0.1) is 0 Å². The molecule has 1 aliphatic heterocycles. The Kier molecular flexibility index (Phi) is 10.5. The summed E-state index contributed by atoms with van der Waals surface area (Å²) in [5.41, 5.74) is 2.60. The normalized spacial score (nSPS) is 19.3. The van der Waals surface area contributed by atoms with Crippen LogP contribution in [0.15, 0.2) is 85.2 Å². The number of rotatable bonds is 10. The fraction of sp³-hybridized carbons (Fsp3) is 0.400. The molecule has 10 heteroatoms. The lowest BCUT2D eigenvalue weighted by Crippen LogP contribution is -2.48. The molecule has 0 radical (unpaired) electrons. The van der Waals surface area contributed by atoms with Crippen LogP contribution in [0.2, 0.25) is 0 Å². The van der Waals surface area contributed by atoms with Crippen molar-refractivity contribution in [2.24, 2.45) is 11.3 Å². The molecule has 4 aromatic rings. The highest BCUT2D eigenvalue weighted by Gasteiger charge is 2.58. The Hall–Kier alpha value is -4.96. The molecule has 3 heterocycles. The van der Waals surface area contributed by atoms with Crippen molar-refractivity contribution in [1.82, 2.24) is 20.2 Å². The van der Waals surface area contributed by atoms with E-state index in [0.29, 0.717) is 29.6 Å². The van der Waals surface area contributed by atoms with Crippen molar-refractivity contribution in [3.63, 3.8) is 0 Å². The second kappa shape index (κ2) is 14.5. The van der Waals surface area contributed by atoms with Crippen LogP contribution in [-0.4, -0.2) is 65.1 Å². The number of nitrogens with zero attached hydrogens (tertiary/aromatic N) is 4. The molecule has 1 aliphatic rings. The van der Waals surface area contributed by atoms with Crippen LogP contribution in [0.4, 0.5) is 5.82 Å². The van der Waals surface area contributed by atoms with E-state index in [0.717, 1.165) is 22.4 Å². The molecule has 0 saturated carbocycles. The van der Waals surface area contributed by atoms with Gasteiger partial charge in [-0.05, 0) is 58.9 Å². The largest absolute Gasteiger partial charge is 0.496 e. The fourth-order valence-corrected chi connectivity index (χ4v) is 7.00. The summed E-state index contributed by atoms with van der Waals surface area (Å²) >= 11 is 0. The summed E-state index contributed by atoms with van der Waals surface area (Å²) in [5.74, 6) is 0.375. The summed E-state index contributed by atoms with van der Waals surface area (Å²) < 4.78 is 11.6. The molecule has 1 saturated heterocycles. The van der Waals surface area contributed by atoms with Crippen LogP contribution in [0.1, 0.15) is 74.6 Å². The van der Waals surface area contributed by atoms with E-state index >= 15 is 0 Å². The Morgan fingerprint density at radius 3 is 2.20 bits per heavy atom. The number of aromatic nitrogens is 2. The first-order valence-corrected chi connectivity index (χ1v) is 16.9. The third kappa shape index (κ3) is 7.60. The summed E-state index contributed by atoms with van der Waals surface area (Å²) in [6.07, 6.45) is 3.35. The third-order valence-electron chi connectivity index (χ3n) is 9.35. The van der Waals surface area contributed by atoms with Gasteiger partial charge >= 0.3 is 5.97 Å². The quantitative estimate of drug-likeness (QED) is 0.181. The molecule has 2 aromatic heterocycles. The van der Waals surface area contributed by atoms with Gasteiger partial charge in [-0.1, -0.05) is 65.8 Å². The maximum atomic E-state index is 14.8. The number of carbonyl (C=O) groups excluding carboxylic acids is 1. The highest BCUT2D eigenvalue weighted by Crippen LogP contribution is 2.50. The van der Waals surface area contributed by atoms with Crippen molar-refractivity contribution in [3.8, 4) is 17.4 Å². The van der Waals surface area contributed by atoms with E-state index in [9.17, 15) is 14.7 Å². The number of ether oxygens (including phenoxy) is 2. The Morgan fingerprint density at radius 2 is 1.62 bits per heavy atom. The number of pyridine rings is 2. The second-order valence-corrected chi connectivity index (χ2v) is 15.1. The van der Waals surface area contributed by atoms with Crippen molar-refractivity contribution >= 4 is 17.7 Å². The number of anilines is 1. The summed E-state index contributed by atoms with van der Waals surface area (Å²) in [7, 11) is 5.45. The molecule has 10 nitrogen and oxygen atoms in total. The van der Waals surface area contributed by atoms with E-state index < -0.39 is 41.3 Å². The zero-order chi connectivity index (χ0) is 36.4. The zero-order valence-corrected chi connectivity index (χ0v) is 30.5. The minimum atomic E-state index is -1.15. The topological polar surface area (TPSA) is 117 Å². The molecule has 264 valence electrons. The van der Waals surface area contributed by atoms with Crippen LogP contribution in [0.25, 0.3) is 0 Å². The first-order chi connectivity index (χ1) is 23.6. The van der Waals surface area contributed by atoms with Crippen LogP contribution in [0.3, 0.4) is 0 Å². The number of hydrogen-bond donors (Lipinski definition) is 2. The van der Waals surface area contributed by atoms with E-state index in [2.05, 4.69) is 48.2 Å². The maximum Gasteiger partial charge on any atom is 0.326 e. The van der Waals surface area contributed by atoms with Crippen LogP contribution >= 0.6 is 0 Å². The molecule has 1 amide bonds. The maximum absolute atomic E-state index is 14.8. The van der Waals surface area contributed by atoms with Gasteiger partial charge in [0.1, 0.15) is 23.4 Å². The van der Waals surface area contributed by atoms with Crippen molar-refractivity contribution < 1.29 is 24.2 Å². The predicted octanol–water partition coefficient (Wildman–Crippen LogP) is 7.11. The van der Waals surface area contributed by atoms with Gasteiger partial charge in [0, 0.05) is 67.8 Å². The Morgan fingerprint density at radius 1 is 0.920 bits per heavy atom. The lowest BCUT2D eigenvalue weighted by Gasteiger charge is -2.35. The molecular formula is C40H49N5O5. The van der Waals surface area contributed by atoms with Gasteiger partial charge in [0.25, 0.3) is 5.91 Å². The Balaban J connectivity index is 1.63. The fourth-order valence-electron chi connectivity index (χ4n) is 7.00. The van der Waals surface area contributed by atoms with Gasteiger partial charge in [-0.2, -0.15) is 0 Å². The summed E-state index contributed by atoms with van der Waals surface area (Å²) in [6.45, 7) is 13.0. The SMILES string of the molecule is COc1ccc(C(C)(C)C)cc1CN[C@H]1[C@H](C(C)(C)C)[C@@H](C(=O)O)N(C(=O)c2ccc(Oc3ccccn3)cc2)[C@H]1c1cccnc1N(C)C. The lowest BCUT2D eigenvalue weighted by molar-refractivity contribution is -0.144. The number of carbonyl (C=O) groups is 2. The van der Waals surface area contributed by atoms with Crippen molar-refractivity contribution in [3.05, 3.63) is 107 Å². The average Bonchev–Trinajstić information content (AvgIpc) is 3.43. The van der Waals surface area contributed by atoms with Crippen LogP contribution in [0.5, 0.6) is 17.4 Å². The van der Waals surface area contributed by atoms with E-state index in [1.165, 1.54) is 0 Å². The number of benzene rings is 2. The molecule has 1 fully saturated rings. The van der Waals surface area contributed by atoms with Gasteiger partial charge in [0.15, 0.2) is 0 Å². The molecule has 2 N–H and O–H groups in total. The molecule has 0 spiro atoms. The first kappa shape index (κ1) is 36.3. The number of likely N-dealkylation sites (tertiary alicyclic amines) is 1. The van der Waals surface area contributed by atoms with Crippen molar-refractivity contribution in [2.75, 3.05) is 26.1 Å². The molecule has 0 aliphatic carbocycles.